The van der Waals surface area contributed by atoms with Crippen LogP contribution in [0.25, 0.3) is 0 Å². The lowest BCUT2D eigenvalue weighted by atomic mass is 10.1. The molecule has 1 atom stereocenters. The third-order valence-electron chi connectivity index (χ3n) is 3.27. The molecule has 6 heteroatoms. The first-order chi connectivity index (χ1) is 9.56. The quantitative estimate of drug-likeness (QED) is 0.824. The van der Waals surface area contributed by atoms with Gasteiger partial charge in [0.05, 0.1) is 18.8 Å². The van der Waals surface area contributed by atoms with Crippen molar-refractivity contribution in [2.24, 2.45) is 0 Å². The molecule has 1 aliphatic rings. The molecule has 0 saturated carbocycles. The van der Waals surface area contributed by atoms with Gasteiger partial charge < -0.3 is 15.8 Å². The second kappa shape index (κ2) is 6.92. The smallest absolute Gasteiger partial charge is 0.253 e. The minimum absolute atomic E-state index is 0.0516. The lowest BCUT2D eigenvalue weighted by molar-refractivity contribution is 0.0342. The van der Waals surface area contributed by atoms with Crippen molar-refractivity contribution >= 4 is 23.2 Å². The molecule has 3 N–H and O–H groups in total. The van der Waals surface area contributed by atoms with Crippen LogP contribution in [0.4, 0.5) is 5.69 Å². The van der Waals surface area contributed by atoms with Gasteiger partial charge >= 0.3 is 0 Å². The average Bonchev–Trinajstić information content (AvgIpc) is 2.39. The third-order valence-corrected chi connectivity index (χ3v) is 3.51. The molecule has 1 aromatic carbocycles. The van der Waals surface area contributed by atoms with Gasteiger partial charge in [-0.3, -0.25) is 9.69 Å². The monoisotopic (exact) mass is 297 g/mol. The lowest BCUT2D eigenvalue weighted by Gasteiger charge is -2.29. The first-order valence-corrected chi connectivity index (χ1v) is 7.10. The van der Waals surface area contributed by atoms with Crippen molar-refractivity contribution in [2.75, 3.05) is 38.6 Å². The molecule has 2 rings (SSSR count). The number of morpholine rings is 1. The fourth-order valence-corrected chi connectivity index (χ4v) is 2.44. The minimum atomic E-state index is -0.167. The van der Waals surface area contributed by atoms with Crippen molar-refractivity contribution in [3.8, 4) is 0 Å². The highest BCUT2D eigenvalue weighted by Gasteiger charge is 2.17. The van der Waals surface area contributed by atoms with Crippen LogP contribution in [0, 0.1) is 0 Å². The summed E-state index contributed by atoms with van der Waals surface area (Å²) in [6, 6.07) is 4.95. The number of hydrogen-bond donors (Lipinski definition) is 2. The number of nitrogens with one attached hydrogen (secondary N) is 1. The SMILES string of the molecule is CC(CN1CCOCC1)NC(=O)c1ccc(Cl)cc1N. The number of ether oxygens (including phenoxy) is 1. The summed E-state index contributed by atoms with van der Waals surface area (Å²) >= 11 is 5.83. The maximum absolute atomic E-state index is 12.2. The predicted molar refractivity (Wildman–Crippen MR) is 80.1 cm³/mol. The number of halogens is 1. The van der Waals surface area contributed by atoms with Crippen LogP contribution >= 0.6 is 11.6 Å². The Kier molecular flexibility index (Phi) is 5.23. The highest BCUT2D eigenvalue weighted by atomic mass is 35.5. The van der Waals surface area contributed by atoms with Gasteiger partial charge in [-0.25, -0.2) is 0 Å². The topological polar surface area (TPSA) is 67.6 Å². The summed E-state index contributed by atoms with van der Waals surface area (Å²) in [7, 11) is 0. The van der Waals surface area contributed by atoms with Gasteiger partial charge in [0.2, 0.25) is 0 Å². The normalized spacial score (nSPS) is 17.7. The predicted octanol–water partition coefficient (Wildman–Crippen LogP) is 1.37. The number of anilines is 1. The molecule has 1 aromatic rings. The van der Waals surface area contributed by atoms with Crippen LogP contribution < -0.4 is 11.1 Å². The number of hydrogen-bond acceptors (Lipinski definition) is 4. The van der Waals surface area contributed by atoms with Crippen molar-refractivity contribution in [3.63, 3.8) is 0 Å². The van der Waals surface area contributed by atoms with Gasteiger partial charge in [-0.2, -0.15) is 0 Å². The zero-order valence-electron chi connectivity index (χ0n) is 11.6. The van der Waals surface area contributed by atoms with E-state index >= 15 is 0 Å². The number of benzene rings is 1. The van der Waals surface area contributed by atoms with Gasteiger partial charge in [-0.15, -0.1) is 0 Å². The number of carbonyl (C=O) groups is 1. The number of rotatable bonds is 4. The van der Waals surface area contributed by atoms with E-state index in [1.807, 2.05) is 6.92 Å². The fourth-order valence-electron chi connectivity index (χ4n) is 2.26. The number of carbonyl (C=O) groups excluding carboxylic acids is 1. The maximum Gasteiger partial charge on any atom is 0.253 e. The molecule has 1 aliphatic heterocycles. The molecule has 110 valence electrons. The largest absolute Gasteiger partial charge is 0.398 e. The Bertz CT molecular complexity index is 475. The lowest BCUT2D eigenvalue weighted by Crippen LogP contribution is -2.46. The van der Waals surface area contributed by atoms with Crippen LogP contribution in [-0.2, 0) is 4.74 Å². The van der Waals surface area contributed by atoms with Crippen molar-refractivity contribution in [1.82, 2.24) is 10.2 Å². The first-order valence-electron chi connectivity index (χ1n) is 6.72. The Morgan fingerprint density at radius 1 is 1.50 bits per heavy atom. The maximum atomic E-state index is 12.2. The number of amides is 1. The highest BCUT2D eigenvalue weighted by Crippen LogP contribution is 2.18. The van der Waals surface area contributed by atoms with E-state index in [4.69, 9.17) is 22.1 Å². The molecular weight excluding hydrogens is 278 g/mol. The van der Waals surface area contributed by atoms with Gasteiger partial charge in [0.1, 0.15) is 0 Å². The standard InChI is InChI=1S/C14H20ClN3O2/c1-10(9-18-4-6-20-7-5-18)17-14(19)12-3-2-11(15)8-13(12)16/h2-3,8,10H,4-7,9,16H2,1H3,(H,17,19). The van der Waals surface area contributed by atoms with Crippen LogP contribution in [-0.4, -0.2) is 49.7 Å². The van der Waals surface area contributed by atoms with E-state index < -0.39 is 0 Å². The number of nitrogens with two attached hydrogens (primary N) is 1. The summed E-state index contributed by atoms with van der Waals surface area (Å²) in [6.07, 6.45) is 0. The zero-order valence-corrected chi connectivity index (χ0v) is 12.3. The van der Waals surface area contributed by atoms with Gasteiger partial charge in [0, 0.05) is 36.4 Å². The molecule has 1 amide bonds. The second-order valence-corrected chi connectivity index (χ2v) is 5.46. The summed E-state index contributed by atoms with van der Waals surface area (Å²) < 4.78 is 5.30. The third kappa shape index (κ3) is 4.10. The highest BCUT2D eigenvalue weighted by molar-refractivity contribution is 6.31. The van der Waals surface area contributed by atoms with Crippen LogP contribution in [0.1, 0.15) is 17.3 Å². The van der Waals surface area contributed by atoms with E-state index in [0.717, 1.165) is 32.8 Å². The zero-order chi connectivity index (χ0) is 14.5. The summed E-state index contributed by atoms with van der Waals surface area (Å²) in [5.41, 5.74) is 6.67. The van der Waals surface area contributed by atoms with E-state index in [0.29, 0.717) is 16.3 Å². The van der Waals surface area contributed by atoms with Crippen molar-refractivity contribution in [3.05, 3.63) is 28.8 Å². The second-order valence-electron chi connectivity index (χ2n) is 5.02. The van der Waals surface area contributed by atoms with Gasteiger partial charge in [-0.1, -0.05) is 11.6 Å². The Labute approximate surface area is 124 Å². The van der Waals surface area contributed by atoms with Crippen LogP contribution in [0.15, 0.2) is 18.2 Å². The molecule has 0 radical (unpaired) electrons. The molecule has 1 saturated heterocycles. The van der Waals surface area contributed by atoms with E-state index in [-0.39, 0.29) is 11.9 Å². The summed E-state index contributed by atoms with van der Waals surface area (Å²) in [6.45, 7) is 6.12. The molecule has 0 aromatic heterocycles. The fraction of sp³-hybridized carbons (Fsp3) is 0.500. The molecule has 1 heterocycles. The average molecular weight is 298 g/mol. The molecule has 0 bridgehead atoms. The van der Waals surface area contributed by atoms with E-state index in [1.165, 1.54) is 0 Å². The van der Waals surface area contributed by atoms with Gasteiger partial charge in [0.25, 0.3) is 5.91 Å². The van der Waals surface area contributed by atoms with Crippen LogP contribution in [0.5, 0.6) is 0 Å². The van der Waals surface area contributed by atoms with Crippen molar-refractivity contribution < 1.29 is 9.53 Å². The molecule has 1 unspecified atom stereocenters. The van der Waals surface area contributed by atoms with Crippen molar-refractivity contribution in [1.29, 1.82) is 0 Å². The van der Waals surface area contributed by atoms with E-state index in [9.17, 15) is 4.79 Å². The van der Waals surface area contributed by atoms with Crippen molar-refractivity contribution in [2.45, 2.75) is 13.0 Å². The summed E-state index contributed by atoms with van der Waals surface area (Å²) in [5, 5.41) is 3.49. The minimum Gasteiger partial charge on any atom is -0.398 e. The Morgan fingerprint density at radius 2 is 2.20 bits per heavy atom. The van der Waals surface area contributed by atoms with E-state index in [1.54, 1.807) is 18.2 Å². The number of nitrogens with zero attached hydrogens (tertiary/aromatic N) is 1. The van der Waals surface area contributed by atoms with Gasteiger partial charge in [-0.05, 0) is 25.1 Å². The Balaban J connectivity index is 1.89. The first kappa shape index (κ1) is 15.1. The molecular formula is C14H20ClN3O2. The van der Waals surface area contributed by atoms with E-state index in [2.05, 4.69) is 10.2 Å². The Hall–Kier alpha value is -1.30. The van der Waals surface area contributed by atoms with Gasteiger partial charge in [0.15, 0.2) is 0 Å². The van der Waals surface area contributed by atoms with Crippen LogP contribution in [0.2, 0.25) is 5.02 Å². The Morgan fingerprint density at radius 3 is 2.85 bits per heavy atom. The molecule has 1 fully saturated rings. The molecule has 0 spiro atoms. The number of nitrogen functional groups attached to an aromatic ring is 1. The molecule has 20 heavy (non-hydrogen) atoms. The summed E-state index contributed by atoms with van der Waals surface area (Å²) in [5.74, 6) is -0.167. The van der Waals surface area contributed by atoms with Crippen LogP contribution in [0.3, 0.4) is 0 Å². The molecule has 5 nitrogen and oxygen atoms in total. The summed E-state index contributed by atoms with van der Waals surface area (Å²) in [4.78, 5) is 14.4. The molecule has 0 aliphatic carbocycles.